The highest BCUT2D eigenvalue weighted by Gasteiger charge is 2.28. The summed E-state index contributed by atoms with van der Waals surface area (Å²) in [6, 6.07) is 3.73. The second-order valence-corrected chi connectivity index (χ2v) is 8.82. The normalized spacial score (nSPS) is 19.0. The highest BCUT2D eigenvalue weighted by molar-refractivity contribution is 5.70. The van der Waals surface area contributed by atoms with Crippen LogP contribution in [-0.4, -0.2) is 44.6 Å². The van der Waals surface area contributed by atoms with Gasteiger partial charge in [0.1, 0.15) is 5.75 Å². The van der Waals surface area contributed by atoms with Gasteiger partial charge in [0.2, 0.25) is 0 Å². The second-order valence-electron chi connectivity index (χ2n) is 8.82. The minimum atomic E-state index is -0.755. The zero-order valence-electron chi connectivity index (χ0n) is 19.8. The number of hydrogen-bond donors (Lipinski definition) is 2. The average Bonchev–Trinajstić information content (AvgIpc) is 3.17. The fourth-order valence-corrected chi connectivity index (χ4v) is 3.91. The van der Waals surface area contributed by atoms with Crippen molar-refractivity contribution in [2.75, 3.05) is 6.61 Å². The first-order valence-corrected chi connectivity index (χ1v) is 11.6. The SMILES string of the molecule is CC[C@H](C)COC(=O)NCc1c(-c2ccc(O[C@H]3CCCC(C(=O)O)C3)c(C)n2)cnn1C. The number of carboxylic acid groups (broad SMARTS) is 1. The van der Waals surface area contributed by atoms with Crippen molar-refractivity contribution in [3.8, 4) is 17.0 Å². The van der Waals surface area contributed by atoms with E-state index in [9.17, 15) is 14.7 Å². The summed E-state index contributed by atoms with van der Waals surface area (Å²) in [5.41, 5.74) is 3.08. The van der Waals surface area contributed by atoms with Gasteiger partial charge in [0, 0.05) is 12.6 Å². The van der Waals surface area contributed by atoms with Crippen molar-refractivity contribution in [3.63, 3.8) is 0 Å². The van der Waals surface area contributed by atoms with Gasteiger partial charge in [-0.2, -0.15) is 5.10 Å². The Morgan fingerprint density at radius 1 is 1.33 bits per heavy atom. The zero-order valence-corrected chi connectivity index (χ0v) is 19.8. The quantitative estimate of drug-likeness (QED) is 0.581. The lowest BCUT2D eigenvalue weighted by atomic mass is 9.87. The molecule has 1 unspecified atom stereocenters. The maximum absolute atomic E-state index is 12.0. The van der Waals surface area contributed by atoms with Gasteiger partial charge in [0.15, 0.2) is 0 Å². The third-order valence-corrected chi connectivity index (χ3v) is 6.24. The third kappa shape index (κ3) is 6.46. The minimum Gasteiger partial charge on any atom is -0.489 e. The number of aromatic nitrogens is 3. The van der Waals surface area contributed by atoms with Gasteiger partial charge in [-0.15, -0.1) is 0 Å². The van der Waals surface area contributed by atoms with E-state index in [1.807, 2.05) is 33.0 Å². The Morgan fingerprint density at radius 3 is 2.82 bits per heavy atom. The summed E-state index contributed by atoms with van der Waals surface area (Å²) >= 11 is 0. The molecule has 3 rings (SSSR count). The number of nitrogens with zero attached hydrogens (tertiary/aromatic N) is 3. The molecular weight excluding hydrogens is 424 g/mol. The molecule has 1 aliphatic carbocycles. The number of carbonyl (C=O) groups excluding carboxylic acids is 1. The average molecular weight is 459 g/mol. The Bertz CT molecular complexity index is 974. The van der Waals surface area contributed by atoms with E-state index in [0.717, 1.165) is 41.9 Å². The molecule has 1 saturated carbocycles. The molecule has 0 aromatic carbocycles. The van der Waals surface area contributed by atoms with Crippen LogP contribution < -0.4 is 10.1 Å². The molecule has 9 nitrogen and oxygen atoms in total. The Hall–Kier alpha value is -3.10. The Labute approximate surface area is 194 Å². The molecule has 2 aromatic rings. The van der Waals surface area contributed by atoms with Gasteiger partial charge in [-0.25, -0.2) is 9.78 Å². The van der Waals surface area contributed by atoms with Crippen molar-refractivity contribution in [1.82, 2.24) is 20.1 Å². The van der Waals surface area contributed by atoms with E-state index in [2.05, 4.69) is 17.3 Å². The first-order valence-electron chi connectivity index (χ1n) is 11.6. The summed E-state index contributed by atoms with van der Waals surface area (Å²) in [7, 11) is 1.82. The predicted octanol–water partition coefficient (Wildman–Crippen LogP) is 4.09. The number of pyridine rings is 1. The Kier molecular flexibility index (Phi) is 8.30. The summed E-state index contributed by atoms with van der Waals surface area (Å²) in [5, 5.41) is 16.4. The summed E-state index contributed by atoms with van der Waals surface area (Å²) in [6.45, 7) is 6.62. The largest absolute Gasteiger partial charge is 0.489 e. The topological polar surface area (TPSA) is 116 Å². The number of carboxylic acids is 1. The van der Waals surface area contributed by atoms with E-state index in [1.54, 1.807) is 10.9 Å². The van der Waals surface area contributed by atoms with Crippen molar-refractivity contribution in [1.29, 1.82) is 0 Å². The van der Waals surface area contributed by atoms with Gasteiger partial charge in [-0.05, 0) is 50.7 Å². The smallest absolute Gasteiger partial charge is 0.407 e. The van der Waals surface area contributed by atoms with Crippen LogP contribution in [0.25, 0.3) is 11.3 Å². The van der Waals surface area contributed by atoms with E-state index in [-0.39, 0.29) is 18.6 Å². The van der Waals surface area contributed by atoms with Crippen LogP contribution in [0.3, 0.4) is 0 Å². The lowest BCUT2D eigenvalue weighted by Crippen LogP contribution is -2.29. The molecule has 1 fully saturated rings. The number of nitrogens with one attached hydrogen (secondary N) is 1. The van der Waals surface area contributed by atoms with Crippen molar-refractivity contribution < 1.29 is 24.2 Å². The standard InChI is InChI=1S/C24H34N4O5/c1-5-15(2)14-32-24(31)25-13-21-19(12-26-28(21)4)20-9-10-22(16(3)27-20)33-18-8-6-7-17(11-18)23(29)30/h9-10,12,15,17-18H,5-8,11,13-14H2,1-4H3,(H,25,31)(H,29,30)/t15-,17?,18-/m0/s1. The van der Waals surface area contributed by atoms with Gasteiger partial charge in [-0.1, -0.05) is 20.3 Å². The number of ether oxygens (including phenoxy) is 2. The molecule has 2 aromatic heterocycles. The fraction of sp³-hybridized carbons (Fsp3) is 0.583. The van der Waals surface area contributed by atoms with Crippen LogP contribution in [0, 0.1) is 18.8 Å². The zero-order chi connectivity index (χ0) is 24.0. The van der Waals surface area contributed by atoms with Crippen LogP contribution in [0.15, 0.2) is 18.3 Å². The van der Waals surface area contributed by atoms with Crippen molar-refractivity contribution in [2.45, 2.75) is 65.5 Å². The van der Waals surface area contributed by atoms with Gasteiger partial charge >= 0.3 is 12.1 Å². The number of hydrogen-bond acceptors (Lipinski definition) is 6. The molecule has 0 radical (unpaired) electrons. The fourth-order valence-electron chi connectivity index (χ4n) is 3.91. The first kappa shape index (κ1) is 24.5. The number of carbonyl (C=O) groups is 2. The summed E-state index contributed by atoms with van der Waals surface area (Å²) in [4.78, 5) is 28.1. The molecule has 33 heavy (non-hydrogen) atoms. The Morgan fingerprint density at radius 2 is 2.12 bits per heavy atom. The van der Waals surface area contributed by atoms with Crippen LogP contribution in [0.1, 0.15) is 57.3 Å². The molecule has 0 spiro atoms. The molecule has 0 aliphatic heterocycles. The molecule has 0 bridgehead atoms. The van der Waals surface area contributed by atoms with Crippen LogP contribution in [0.2, 0.25) is 0 Å². The molecule has 180 valence electrons. The molecule has 2 N–H and O–H groups in total. The van der Waals surface area contributed by atoms with E-state index < -0.39 is 12.1 Å². The van der Waals surface area contributed by atoms with Crippen molar-refractivity contribution >= 4 is 12.1 Å². The maximum atomic E-state index is 12.0. The lowest BCUT2D eigenvalue weighted by molar-refractivity contribution is -0.143. The highest BCUT2D eigenvalue weighted by Crippen LogP contribution is 2.31. The molecule has 1 amide bonds. The van der Waals surface area contributed by atoms with Crippen molar-refractivity contribution in [3.05, 3.63) is 29.7 Å². The van der Waals surface area contributed by atoms with Gasteiger partial charge in [0.25, 0.3) is 0 Å². The van der Waals surface area contributed by atoms with Gasteiger partial charge in [-0.3, -0.25) is 9.48 Å². The first-order chi connectivity index (χ1) is 15.8. The summed E-state index contributed by atoms with van der Waals surface area (Å²) < 4.78 is 13.1. The number of amides is 1. The van der Waals surface area contributed by atoms with E-state index in [1.165, 1.54) is 0 Å². The number of alkyl carbamates (subject to hydrolysis) is 1. The van der Waals surface area contributed by atoms with Crippen LogP contribution in [-0.2, 0) is 23.1 Å². The lowest BCUT2D eigenvalue weighted by Gasteiger charge is -2.27. The number of aryl methyl sites for hydroxylation is 2. The maximum Gasteiger partial charge on any atom is 0.407 e. The van der Waals surface area contributed by atoms with Crippen LogP contribution in [0.5, 0.6) is 5.75 Å². The molecule has 9 heteroatoms. The van der Waals surface area contributed by atoms with Gasteiger partial charge in [0.05, 0.1) is 48.5 Å². The summed E-state index contributed by atoms with van der Waals surface area (Å²) in [5.74, 6) is -0.125. The summed E-state index contributed by atoms with van der Waals surface area (Å²) in [6.07, 6.45) is 5.01. The molecular formula is C24H34N4O5. The van der Waals surface area contributed by atoms with Crippen molar-refractivity contribution in [2.24, 2.45) is 18.9 Å². The Balaban J connectivity index is 1.66. The third-order valence-electron chi connectivity index (χ3n) is 6.24. The predicted molar refractivity (Wildman–Crippen MR) is 123 cm³/mol. The molecule has 3 atom stereocenters. The van der Waals surface area contributed by atoms with Gasteiger partial charge < -0.3 is 19.9 Å². The van der Waals surface area contributed by atoms with Crippen LogP contribution >= 0.6 is 0 Å². The monoisotopic (exact) mass is 458 g/mol. The number of aliphatic carboxylic acids is 1. The minimum absolute atomic E-state index is 0.120. The second kappa shape index (κ2) is 11.2. The highest BCUT2D eigenvalue weighted by atomic mass is 16.5. The van der Waals surface area contributed by atoms with E-state index in [4.69, 9.17) is 14.5 Å². The van der Waals surface area contributed by atoms with E-state index >= 15 is 0 Å². The number of rotatable bonds is 9. The van der Waals surface area contributed by atoms with E-state index in [0.29, 0.717) is 31.1 Å². The molecule has 2 heterocycles. The molecule has 1 aliphatic rings. The molecule has 0 saturated heterocycles. The van der Waals surface area contributed by atoms with Crippen LogP contribution in [0.4, 0.5) is 4.79 Å².